The second-order valence-corrected chi connectivity index (χ2v) is 11.3. The molecular weight excluding hydrogens is 344 g/mol. The number of hydrogen-bond donors (Lipinski definition) is 2. The molecule has 4 aliphatic carbocycles. The smallest absolute Gasteiger partial charge is 0.0577 e. The van der Waals surface area contributed by atoms with Gasteiger partial charge in [0.2, 0.25) is 0 Å². The van der Waals surface area contributed by atoms with Gasteiger partial charge in [-0.1, -0.05) is 58.1 Å². The Balaban J connectivity index is 1.47. The quantitative estimate of drug-likeness (QED) is 0.416. The van der Waals surface area contributed by atoms with Gasteiger partial charge >= 0.3 is 0 Å². The van der Waals surface area contributed by atoms with Crippen LogP contribution in [0.5, 0.6) is 0 Å². The van der Waals surface area contributed by atoms with Gasteiger partial charge < -0.3 is 10.2 Å². The molecular formula is C26H44O2. The second kappa shape index (κ2) is 8.06. The molecule has 3 saturated carbocycles. The van der Waals surface area contributed by atoms with Crippen molar-refractivity contribution in [2.75, 3.05) is 0 Å². The van der Waals surface area contributed by atoms with Crippen molar-refractivity contribution >= 4 is 0 Å². The van der Waals surface area contributed by atoms with Crippen molar-refractivity contribution in [2.24, 2.45) is 34.5 Å². The number of fused-ring (bicyclic) bond motifs is 5. The SMILES string of the molecule is CCCCCC[C@H](O)[C@H]1CCC2C3CC=C4C[C@@H](O)CC[C@]4(C)C3CC[C@@]21C. The Morgan fingerprint density at radius 3 is 2.64 bits per heavy atom. The van der Waals surface area contributed by atoms with Gasteiger partial charge in [0.15, 0.2) is 0 Å². The molecule has 0 aromatic carbocycles. The maximum atomic E-state index is 11.1. The minimum absolute atomic E-state index is 0.0847. The molecule has 0 bridgehead atoms. The predicted octanol–water partition coefficient (Wildman–Crippen LogP) is 6.26. The molecule has 2 heteroatoms. The maximum absolute atomic E-state index is 11.1. The van der Waals surface area contributed by atoms with E-state index in [9.17, 15) is 10.2 Å². The number of allylic oxidation sites excluding steroid dienone is 1. The zero-order valence-electron chi connectivity index (χ0n) is 18.6. The molecule has 3 fully saturated rings. The first-order valence-electron chi connectivity index (χ1n) is 12.5. The lowest BCUT2D eigenvalue weighted by molar-refractivity contribution is -0.0716. The van der Waals surface area contributed by atoms with E-state index in [1.165, 1.54) is 64.2 Å². The minimum Gasteiger partial charge on any atom is -0.393 e. The highest BCUT2D eigenvalue weighted by Gasteiger charge is 2.59. The first kappa shape index (κ1) is 20.9. The Morgan fingerprint density at radius 1 is 1.04 bits per heavy atom. The number of rotatable bonds is 6. The molecule has 2 nitrogen and oxygen atoms in total. The Labute approximate surface area is 173 Å². The molecule has 0 heterocycles. The van der Waals surface area contributed by atoms with E-state index in [0.717, 1.165) is 37.0 Å². The fourth-order valence-corrected chi connectivity index (χ4v) is 8.30. The third-order valence-electron chi connectivity index (χ3n) is 9.97. The first-order valence-corrected chi connectivity index (χ1v) is 12.5. The number of hydrogen-bond acceptors (Lipinski definition) is 2. The molecule has 0 radical (unpaired) electrons. The highest BCUT2D eigenvalue weighted by atomic mass is 16.3. The third kappa shape index (κ3) is 3.41. The summed E-state index contributed by atoms with van der Waals surface area (Å²) in [6, 6.07) is 0. The molecule has 0 saturated heterocycles. The molecule has 0 aromatic rings. The summed E-state index contributed by atoms with van der Waals surface area (Å²) in [6.45, 7) is 7.31. The molecule has 4 rings (SSSR count). The summed E-state index contributed by atoms with van der Waals surface area (Å²) in [5.74, 6) is 2.92. The zero-order valence-corrected chi connectivity index (χ0v) is 18.6. The fourth-order valence-electron chi connectivity index (χ4n) is 8.30. The van der Waals surface area contributed by atoms with Crippen LogP contribution in [0.4, 0.5) is 0 Å². The highest BCUT2D eigenvalue weighted by molar-refractivity contribution is 5.25. The maximum Gasteiger partial charge on any atom is 0.0577 e. The summed E-state index contributed by atoms with van der Waals surface area (Å²) >= 11 is 0. The van der Waals surface area contributed by atoms with Gasteiger partial charge in [-0.15, -0.1) is 0 Å². The van der Waals surface area contributed by atoms with E-state index in [0.29, 0.717) is 16.7 Å². The largest absolute Gasteiger partial charge is 0.393 e. The zero-order chi connectivity index (χ0) is 19.9. The van der Waals surface area contributed by atoms with Crippen LogP contribution in [0.2, 0.25) is 0 Å². The van der Waals surface area contributed by atoms with Crippen molar-refractivity contribution in [2.45, 2.75) is 116 Å². The van der Waals surface area contributed by atoms with Gasteiger partial charge in [0.1, 0.15) is 0 Å². The number of aliphatic hydroxyl groups is 2. The minimum atomic E-state index is -0.108. The molecule has 2 N–H and O–H groups in total. The van der Waals surface area contributed by atoms with E-state index in [4.69, 9.17) is 0 Å². The van der Waals surface area contributed by atoms with E-state index in [-0.39, 0.29) is 12.2 Å². The van der Waals surface area contributed by atoms with Crippen molar-refractivity contribution in [3.8, 4) is 0 Å². The van der Waals surface area contributed by atoms with Crippen LogP contribution in [0, 0.1) is 34.5 Å². The van der Waals surface area contributed by atoms with Gasteiger partial charge in [-0.25, -0.2) is 0 Å². The molecule has 28 heavy (non-hydrogen) atoms. The van der Waals surface area contributed by atoms with E-state index in [1.54, 1.807) is 5.57 Å². The normalized spacial score (nSPS) is 46.3. The van der Waals surface area contributed by atoms with Crippen molar-refractivity contribution < 1.29 is 10.2 Å². The van der Waals surface area contributed by atoms with Crippen LogP contribution in [0.3, 0.4) is 0 Å². The summed E-state index contributed by atoms with van der Waals surface area (Å²) in [4.78, 5) is 0. The number of aliphatic hydroxyl groups excluding tert-OH is 2. The monoisotopic (exact) mass is 388 g/mol. The highest BCUT2D eigenvalue weighted by Crippen LogP contribution is 2.66. The topological polar surface area (TPSA) is 40.5 Å². The van der Waals surface area contributed by atoms with Gasteiger partial charge in [-0.2, -0.15) is 0 Å². The lowest BCUT2D eigenvalue weighted by Gasteiger charge is -2.58. The van der Waals surface area contributed by atoms with Crippen LogP contribution in [-0.2, 0) is 0 Å². The molecule has 0 spiro atoms. The third-order valence-corrected chi connectivity index (χ3v) is 9.97. The molecule has 4 aliphatic rings. The Kier molecular flexibility index (Phi) is 6.02. The summed E-state index contributed by atoms with van der Waals surface area (Å²) in [5.41, 5.74) is 2.25. The fraction of sp³-hybridized carbons (Fsp3) is 0.923. The Hall–Kier alpha value is -0.340. The molecule has 3 unspecified atom stereocenters. The average Bonchev–Trinajstić information content (AvgIpc) is 3.03. The first-order chi connectivity index (χ1) is 13.4. The van der Waals surface area contributed by atoms with E-state index in [1.807, 2.05) is 0 Å². The van der Waals surface area contributed by atoms with Crippen LogP contribution in [0.25, 0.3) is 0 Å². The molecule has 0 aliphatic heterocycles. The lowest BCUT2D eigenvalue weighted by atomic mass is 9.47. The van der Waals surface area contributed by atoms with Crippen molar-refractivity contribution in [3.05, 3.63) is 11.6 Å². The van der Waals surface area contributed by atoms with Crippen molar-refractivity contribution in [1.82, 2.24) is 0 Å². The molecule has 0 aromatic heterocycles. The summed E-state index contributed by atoms with van der Waals surface area (Å²) in [7, 11) is 0. The van der Waals surface area contributed by atoms with Gasteiger partial charge in [0, 0.05) is 0 Å². The molecule has 0 amide bonds. The Morgan fingerprint density at radius 2 is 1.86 bits per heavy atom. The van der Waals surface area contributed by atoms with Crippen molar-refractivity contribution in [3.63, 3.8) is 0 Å². The van der Waals surface area contributed by atoms with Crippen LogP contribution in [0.1, 0.15) is 104 Å². The van der Waals surface area contributed by atoms with Crippen LogP contribution >= 0.6 is 0 Å². The second-order valence-electron chi connectivity index (χ2n) is 11.3. The van der Waals surface area contributed by atoms with Gasteiger partial charge in [-0.3, -0.25) is 0 Å². The van der Waals surface area contributed by atoms with Crippen molar-refractivity contribution in [1.29, 1.82) is 0 Å². The lowest BCUT2D eigenvalue weighted by Crippen LogP contribution is -2.51. The molecule has 8 atom stereocenters. The van der Waals surface area contributed by atoms with Crippen LogP contribution < -0.4 is 0 Å². The summed E-state index contributed by atoms with van der Waals surface area (Å²) < 4.78 is 0. The van der Waals surface area contributed by atoms with E-state index < -0.39 is 0 Å². The van der Waals surface area contributed by atoms with Crippen LogP contribution in [-0.4, -0.2) is 22.4 Å². The van der Waals surface area contributed by atoms with Crippen LogP contribution in [0.15, 0.2) is 11.6 Å². The molecule has 160 valence electrons. The average molecular weight is 389 g/mol. The summed E-state index contributed by atoms with van der Waals surface area (Å²) in [5, 5.41) is 21.3. The Bertz CT molecular complexity index is 583. The van der Waals surface area contributed by atoms with Gasteiger partial charge in [0.05, 0.1) is 12.2 Å². The van der Waals surface area contributed by atoms with Gasteiger partial charge in [-0.05, 0) is 92.3 Å². The van der Waals surface area contributed by atoms with E-state index >= 15 is 0 Å². The number of unbranched alkanes of at least 4 members (excludes halogenated alkanes) is 3. The predicted molar refractivity (Wildman–Crippen MR) is 116 cm³/mol. The van der Waals surface area contributed by atoms with E-state index in [2.05, 4.69) is 26.8 Å². The standard InChI is InChI=1S/C26H44O2/c1-4-5-6-7-8-24(28)23-12-11-21-20-10-9-18-17-19(27)13-15-25(18,2)22(20)14-16-26(21,23)3/h9,19-24,27-28H,4-8,10-17H2,1-3H3/t19-,20?,21?,22?,23+,24-,25-,26-/m0/s1. The van der Waals surface area contributed by atoms with Gasteiger partial charge in [0.25, 0.3) is 0 Å². The summed E-state index contributed by atoms with van der Waals surface area (Å²) in [6.07, 6.45) is 17.9.